The minimum atomic E-state index is -0.550. The van der Waals surface area contributed by atoms with Crippen molar-refractivity contribution in [2.75, 3.05) is 12.4 Å². The molecule has 23 heavy (non-hydrogen) atoms. The van der Waals surface area contributed by atoms with Crippen molar-refractivity contribution in [3.8, 4) is 0 Å². The van der Waals surface area contributed by atoms with Crippen LogP contribution in [-0.2, 0) is 4.74 Å². The average Bonchev–Trinajstić information content (AvgIpc) is 2.97. The zero-order valence-corrected chi connectivity index (χ0v) is 13.7. The number of ether oxygens (including phenoxy) is 1. The molecular weight excluding hydrogens is 316 g/mol. The summed E-state index contributed by atoms with van der Waals surface area (Å²) in [5.74, 6) is 0.581. The van der Waals surface area contributed by atoms with Crippen LogP contribution in [0, 0.1) is 5.92 Å². The Balaban J connectivity index is 1.94. The average molecular weight is 333 g/mol. The van der Waals surface area contributed by atoms with Gasteiger partial charge in [-0.15, -0.1) is 0 Å². The second-order valence-corrected chi connectivity index (χ2v) is 5.78. The third-order valence-electron chi connectivity index (χ3n) is 3.96. The predicted octanol–water partition coefficient (Wildman–Crippen LogP) is 4.55. The number of rotatable bonds is 4. The van der Waals surface area contributed by atoms with Crippen LogP contribution in [0.5, 0.6) is 0 Å². The summed E-state index contributed by atoms with van der Waals surface area (Å²) in [6, 6.07) is 3.40. The number of fused-ring (bicyclic) bond motifs is 1. The summed E-state index contributed by atoms with van der Waals surface area (Å²) in [5, 5.41) is 8.20. The molecule has 3 rings (SSSR count). The molecule has 5 nitrogen and oxygen atoms in total. The van der Waals surface area contributed by atoms with Gasteiger partial charge in [0.1, 0.15) is 5.56 Å². The summed E-state index contributed by atoms with van der Waals surface area (Å²) in [4.78, 5) is 11.9. The second kappa shape index (κ2) is 6.46. The SMILES string of the molecule is CCC1C=CC(Nc2noc3c(C(=O)OC)c(Cl)ccc23)=CC1. The minimum absolute atomic E-state index is 0.187. The van der Waals surface area contributed by atoms with Gasteiger partial charge in [-0.3, -0.25) is 0 Å². The van der Waals surface area contributed by atoms with Crippen molar-refractivity contribution in [1.82, 2.24) is 5.16 Å². The molecule has 0 aliphatic heterocycles. The van der Waals surface area contributed by atoms with Gasteiger partial charge in [0, 0.05) is 5.70 Å². The highest BCUT2D eigenvalue weighted by Gasteiger charge is 2.21. The molecule has 0 fully saturated rings. The third kappa shape index (κ3) is 2.97. The minimum Gasteiger partial charge on any atom is -0.465 e. The molecule has 1 aromatic carbocycles. The van der Waals surface area contributed by atoms with Crippen molar-refractivity contribution in [2.45, 2.75) is 19.8 Å². The number of hydrogen-bond donors (Lipinski definition) is 1. The molecule has 1 unspecified atom stereocenters. The molecule has 1 aromatic heterocycles. The molecule has 1 aliphatic rings. The fourth-order valence-electron chi connectivity index (χ4n) is 2.56. The van der Waals surface area contributed by atoms with Gasteiger partial charge in [-0.2, -0.15) is 0 Å². The first-order valence-corrected chi connectivity index (χ1v) is 7.83. The van der Waals surface area contributed by atoms with E-state index in [1.807, 2.05) is 6.08 Å². The molecule has 1 aliphatic carbocycles. The summed E-state index contributed by atoms with van der Waals surface area (Å²) in [6.45, 7) is 2.17. The number of esters is 1. The Kier molecular flexibility index (Phi) is 4.39. The Bertz CT molecular complexity index is 808. The number of anilines is 1. The monoisotopic (exact) mass is 332 g/mol. The Morgan fingerprint density at radius 1 is 1.52 bits per heavy atom. The highest BCUT2D eigenvalue weighted by Crippen LogP contribution is 2.32. The van der Waals surface area contributed by atoms with Crippen LogP contribution in [0.3, 0.4) is 0 Å². The number of aromatic nitrogens is 1. The number of nitrogens with one attached hydrogen (secondary N) is 1. The van der Waals surface area contributed by atoms with E-state index >= 15 is 0 Å². The van der Waals surface area contributed by atoms with Gasteiger partial charge in [0.2, 0.25) is 0 Å². The highest BCUT2D eigenvalue weighted by molar-refractivity contribution is 6.35. The number of carbonyl (C=O) groups excluding carboxylic acids is 1. The molecule has 120 valence electrons. The van der Waals surface area contributed by atoms with Crippen LogP contribution in [0.15, 0.2) is 40.6 Å². The molecular formula is C17H17ClN2O3. The first-order valence-electron chi connectivity index (χ1n) is 7.45. The van der Waals surface area contributed by atoms with E-state index in [4.69, 9.17) is 20.9 Å². The van der Waals surface area contributed by atoms with Crippen LogP contribution in [0.4, 0.5) is 5.82 Å². The van der Waals surface area contributed by atoms with E-state index < -0.39 is 5.97 Å². The topological polar surface area (TPSA) is 64.4 Å². The van der Waals surface area contributed by atoms with Gasteiger partial charge in [-0.05, 0) is 37.0 Å². The van der Waals surface area contributed by atoms with E-state index in [2.05, 4.69) is 29.5 Å². The van der Waals surface area contributed by atoms with E-state index in [0.29, 0.717) is 22.7 Å². The van der Waals surface area contributed by atoms with Crippen LogP contribution in [0.1, 0.15) is 30.1 Å². The largest absolute Gasteiger partial charge is 0.465 e. The molecule has 1 N–H and O–H groups in total. The maximum atomic E-state index is 11.9. The van der Waals surface area contributed by atoms with E-state index in [0.717, 1.165) is 18.5 Å². The second-order valence-electron chi connectivity index (χ2n) is 5.37. The predicted molar refractivity (Wildman–Crippen MR) is 89.6 cm³/mol. The zero-order chi connectivity index (χ0) is 16.4. The normalized spacial score (nSPS) is 17.2. The summed E-state index contributed by atoms with van der Waals surface area (Å²) in [5.41, 5.74) is 1.46. The van der Waals surface area contributed by atoms with E-state index in [-0.39, 0.29) is 10.6 Å². The lowest BCUT2D eigenvalue weighted by Crippen LogP contribution is -2.05. The van der Waals surface area contributed by atoms with Gasteiger partial charge in [-0.25, -0.2) is 4.79 Å². The number of allylic oxidation sites excluding steroid dienone is 3. The summed E-state index contributed by atoms with van der Waals surface area (Å²) in [7, 11) is 1.30. The zero-order valence-electron chi connectivity index (χ0n) is 12.9. The fraction of sp³-hybridized carbons (Fsp3) is 0.294. The van der Waals surface area contributed by atoms with Crippen molar-refractivity contribution in [3.63, 3.8) is 0 Å². The molecule has 6 heteroatoms. The molecule has 1 heterocycles. The van der Waals surface area contributed by atoms with E-state index in [1.54, 1.807) is 12.1 Å². The maximum absolute atomic E-state index is 11.9. The number of nitrogens with zero attached hydrogens (tertiary/aromatic N) is 1. The molecule has 1 atom stereocenters. The first kappa shape index (κ1) is 15.6. The number of halogens is 1. The van der Waals surface area contributed by atoms with Gasteiger partial charge in [-0.1, -0.05) is 35.8 Å². The van der Waals surface area contributed by atoms with Crippen molar-refractivity contribution >= 4 is 34.4 Å². The van der Waals surface area contributed by atoms with Crippen molar-refractivity contribution < 1.29 is 14.1 Å². The van der Waals surface area contributed by atoms with Crippen molar-refractivity contribution in [2.24, 2.45) is 5.92 Å². The number of carbonyl (C=O) groups is 1. The van der Waals surface area contributed by atoms with Crippen LogP contribution in [0.25, 0.3) is 11.0 Å². The quantitative estimate of drug-likeness (QED) is 0.832. The van der Waals surface area contributed by atoms with Gasteiger partial charge >= 0.3 is 5.97 Å². The molecule has 0 saturated heterocycles. The van der Waals surface area contributed by atoms with Crippen LogP contribution in [0.2, 0.25) is 5.02 Å². The van der Waals surface area contributed by atoms with Crippen LogP contribution in [-0.4, -0.2) is 18.2 Å². The fourth-order valence-corrected chi connectivity index (χ4v) is 2.79. The van der Waals surface area contributed by atoms with Crippen molar-refractivity contribution in [3.05, 3.63) is 46.6 Å². The number of hydrogen-bond acceptors (Lipinski definition) is 5. The van der Waals surface area contributed by atoms with Gasteiger partial charge in [0.15, 0.2) is 11.4 Å². The molecule has 0 radical (unpaired) electrons. The summed E-state index contributed by atoms with van der Waals surface area (Å²) < 4.78 is 10.1. The Morgan fingerprint density at radius 3 is 3.00 bits per heavy atom. The lowest BCUT2D eigenvalue weighted by atomic mass is 9.97. The molecule has 0 bridgehead atoms. The Hall–Kier alpha value is -2.27. The summed E-state index contributed by atoms with van der Waals surface area (Å²) in [6.07, 6.45) is 8.46. The number of methoxy groups -OCH3 is 1. The highest BCUT2D eigenvalue weighted by atomic mass is 35.5. The van der Waals surface area contributed by atoms with Crippen LogP contribution >= 0.6 is 11.6 Å². The lowest BCUT2D eigenvalue weighted by molar-refractivity contribution is 0.0601. The van der Waals surface area contributed by atoms with Gasteiger partial charge < -0.3 is 14.6 Å². The molecule has 0 amide bonds. The van der Waals surface area contributed by atoms with E-state index in [9.17, 15) is 4.79 Å². The smallest absolute Gasteiger partial charge is 0.343 e. The lowest BCUT2D eigenvalue weighted by Gasteiger charge is -2.14. The standard InChI is InChI=1S/C17H17ClN2O3/c1-3-10-4-6-11(7-5-10)19-16-12-8-9-13(18)14(17(21)22-2)15(12)23-20-16/h4,6-10H,3,5H2,1-2H3,(H,19,20). The Labute approximate surface area is 138 Å². The molecule has 0 spiro atoms. The van der Waals surface area contributed by atoms with E-state index in [1.165, 1.54) is 7.11 Å². The molecule has 2 aromatic rings. The number of benzene rings is 1. The van der Waals surface area contributed by atoms with Crippen LogP contribution < -0.4 is 5.32 Å². The van der Waals surface area contributed by atoms with Gasteiger partial charge in [0.05, 0.1) is 17.5 Å². The van der Waals surface area contributed by atoms with Gasteiger partial charge in [0.25, 0.3) is 0 Å². The Morgan fingerprint density at radius 2 is 2.35 bits per heavy atom. The van der Waals surface area contributed by atoms with Crippen molar-refractivity contribution in [1.29, 1.82) is 0 Å². The maximum Gasteiger partial charge on any atom is 0.343 e. The molecule has 0 saturated carbocycles. The summed E-state index contributed by atoms with van der Waals surface area (Å²) >= 11 is 6.08. The first-order chi connectivity index (χ1) is 11.1. The third-order valence-corrected chi connectivity index (χ3v) is 4.27.